The van der Waals surface area contributed by atoms with Crippen LogP contribution in [-0.4, -0.2) is 52.7 Å². The van der Waals surface area contributed by atoms with Crippen LogP contribution in [0.1, 0.15) is 79.1 Å². The van der Waals surface area contributed by atoms with Gasteiger partial charge in [0.1, 0.15) is 0 Å². The van der Waals surface area contributed by atoms with Crippen LogP contribution in [-0.2, 0) is 22.8 Å². The lowest BCUT2D eigenvalue weighted by molar-refractivity contribution is -0.111. The van der Waals surface area contributed by atoms with E-state index in [0.29, 0.717) is 38.0 Å². The van der Waals surface area contributed by atoms with E-state index >= 15 is 0 Å². The molecule has 0 aromatic rings. The first-order valence-electron chi connectivity index (χ1n) is 10.8. The second-order valence-electron chi connectivity index (χ2n) is 6.44. The SMILES string of the molecule is CCCCCCCC(=O)SCCC[Si](OCC)(OCC)OCCCOCC. The lowest BCUT2D eigenvalue weighted by Crippen LogP contribution is -2.46. The first-order chi connectivity index (χ1) is 13.1. The van der Waals surface area contributed by atoms with Crippen LogP contribution in [0.5, 0.6) is 0 Å². The van der Waals surface area contributed by atoms with Gasteiger partial charge in [-0.25, -0.2) is 0 Å². The number of carbonyl (C=O) groups excluding carboxylic acids is 1. The van der Waals surface area contributed by atoms with E-state index in [-0.39, 0.29) is 0 Å². The average molecular weight is 423 g/mol. The summed E-state index contributed by atoms with van der Waals surface area (Å²) in [4.78, 5) is 12.0. The van der Waals surface area contributed by atoms with Gasteiger partial charge in [-0.3, -0.25) is 4.79 Å². The third-order valence-corrected chi connectivity index (χ3v) is 8.15. The molecule has 0 spiro atoms. The number of carbonyl (C=O) groups is 1. The van der Waals surface area contributed by atoms with Crippen LogP contribution in [0.3, 0.4) is 0 Å². The summed E-state index contributed by atoms with van der Waals surface area (Å²) in [7, 11) is -2.65. The van der Waals surface area contributed by atoms with Crippen molar-refractivity contribution in [3.8, 4) is 0 Å². The van der Waals surface area contributed by atoms with Crippen LogP contribution in [0.15, 0.2) is 0 Å². The lowest BCUT2D eigenvalue weighted by atomic mass is 10.1. The maximum absolute atomic E-state index is 12.0. The van der Waals surface area contributed by atoms with E-state index < -0.39 is 8.80 Å². The standard InChI is InChI=1S/C20H42O5SSi/c1-5-9-10-11-12-15-20(21)26-18-14-19-27(23-7-3,24-8-4)25-17-13-16-22-6-2/h5-19H2,1-4H3. The molecular formula is C20H42O5SSi. The number of unbranched alkanes of at least 4 members (excludes halogenated alkanes) is 4. The van der Waals surface area contributed by atoms with Crippen molar-refractivity contribution in [2.75, 3.05) is 38.8 Å². The van der Waals surface area contributed by atoms with Gasteiger partial charge in [0.15, 0.2) is 5.12 Å². The molecule has 0 fully saturated rings. The molecule has 0 aromatic heterocycles. The van der Waals surface area contributed by atoms with Gasteiger partial charge in [0.05, 0.1) is 0 Å². The number of ether oxygens (including phenoxy) is 1. The zero-order chi connectivity index (χ0) is 20.2. The first kappa shape index (κ1) is 27.1. The highest BCUT2D eigenvalue weighted by molar-refractivity contribution is 8.13. The van der Waals surface area contributed by atoms with Crippen LogP contribution in [0.4, 0.5) is 0 Å². The highest BCUT2D eigenvalue weighted by Gasteiger charge is 2.39. The fourth-order valence-corrected chi connectivity index (χ4v) is 6.42. The molecule has 0 N–H and O–H groups in total. The van der Waals surface area contributed by atoms with Gasteiger partial charge in [-0.2, -0.15) is 0 Å². The van der Waals surface area contributed by atoms with E-state index in [1.165, 1.54) is 37.4 Å². The van der Waals surface area contributed by atoms with Gasteiger partial charge >= 0.3 is 8.80 Å². The molecular weight excluding hydrogens is 380 g/mol. The van der Waals surface area contributed by atoms with Crippen molar-refractivity contribution >= 4 is 25.7 Å². The third kappa shape index (κ3) is 15.7. The summed E-state index contributed by atoms with van der Waals surface area (Å²) in [6.07, 6.45) is 8.35. The van der Waals surface area contributed by atoms with Crippen LogP contribution >= 0.6 is 11.8 Å². The van der Waals surface area contributed by atoms with Crippen molar-refractivity contribution in [3.05, 3.63) is 0 Å². The van der Waals surface area contributed by atoms with Gasteiger partial charge in [-0.05, 0) is 40.0 Å². The van der Waals surface area contributed by atoms with Crippen molar-refractivity contribution in [2.45, 2.75) is 85.1 Å². The smallest absolute Gasteiger partial charge is 0.382 e. The van der Waals surface area contributed by atoms with E-state index in [1.54, 1.807) is 0 Å². The maximum Gasteiger partial charge on any atom is 0.500 e. The van der Waals surface area contributed by atoms with Crippen molar-refractivity contribution in [3.63, 3.8) is 0 Å². The first-order valence-corrected chi connectivity index (χ1v) is 13.7. The molecule has 0 aromatic carbocycles. The zero-order valence-corrected chi connectivity index (χ0v) is 19.9. The minimum Gasteiger partial charge on any atom is -0.382 e. The molecule has 0 aliphatic rings. The summed E-state index contributed by atoms with van der Waals surface area (Å²) in [5.74, 6) is 0.811. The van der Waals surface area contributed by atoms with Gasteiger partial charge in [-0.15, -0.1) is 0 Å². The zero-order valence-electron chi connectivity index (χ0n) is 18.1. The molecule has 0 saturated heterocycles. The van der Waals surface area contributed by atoms with Crippen molar-refractivity contribution in [1.82, 2.24) is 0 Å². The minimum absolute atomic E-state index is 0.309. The van der Waals surface area contributed by atoms with Crippen LogP contribution in [0, 0.1) is 0 Å². The fourth-order valence-electron chi connectivity index (χ4n) is 2.73. The number of hydrogen-bond acceptors (Lipinski definition) is 6. The monoisotopic (exact) mass is 422 g/mol. The Bertz CT molecular complexity index is 338. The van der Waals surface area contributed by atoms with Crippen molar-refractivity contribution in [1.29, 1.82) is 0 Å². The molecule has 0 unspecified atom stereocenters. The summed E-state index contributed by atoms with van der Waals surface area (Å²) < 4.78 is 23.3. The second kappa shape index (κ2) is 19.4. The lowest BCUT2D eigenvalue weighted by Gasteiger charge is -2.29. The normalized spacial score (nSPS) is 11.9. The quantitative estimate of drug-likeness (QED) is 0.192. The minimum atomic E-state index is -2.65. The molecule has 0 heterocycles. The molecule has 0 radical (unpaired) electrons. The molecule has 27 heavy (non-hydrogen) atoms. The molecule has 0 saturated carbocycles. The Morgan fingerprint density at radius 1 is 0.778 bits per heavy atom. The number of thioether (sulfide) groups is 1. The van der Waals surface area contributed by atoms with Gasteiger partial charge in [0, 0.05) is 51.3 Å². The average Bonchev–Trinajstić information content (AvgIpc) is 2.65. The molecule has 0 aliphatic carbocycles. The Morgan fingerprint density at radius 2 is 1.48 bits per heavy atom. The summed E-state index contributed by atoms with van der Waals surface area (Å²) in [5.41, 5.74) is 0. The molecule has 0 aliphatic heterocycles. The predicted molar refractivity (Wildman–Crippen MR) is 116 cm³/mol. The molecule has 0 rings (SSSR count). The van der Waals surface area contributed by atoms with E-state index in [1.807, 2.05) is 20.8 Å². The second-order valence-corrected chi connectivity index (χ2v) is 10.3. The third-order valence-electron chi connectivity index (χ3n) is 4.06. The molecule has 5 nitrogen and oxygen atoms in total. The van der Waals surface area contributed by atoms with Gasteiger partial charge in [0.25, 0.3) is 0 Å². The predicted octanol–water partition coefficient (Wildman–Crippen LogP) is 5.45. The van der Waals surface area contributed by atoms with Crippen LogP contribution in [0.25, 0.3) is 0 Å². The van der Waals surface area contributed by atoms with E-state index in [4.69, 9.17) is 18.0 Å². The van der Waals surface area contributed by atoms with Gasteiger partial charge in [-0.1, -0.05) is 44.4 Å². The Balaban J connectivity index is 4.13. The van der Waals surface area contributed by atoms with E-state index in [2.05, 4.69) is 6.92 Å². The van der Waals surface area contributed by atoms with Gasteiger partial charge in [0.2, 0.25) is 0 Å². The number of hydrogen-bond donors (Lipinski definition) is 0. The van der Waals surface area contributed by atoms with E-state index in [0.717, 1.165) is 37.7 Å². The highest BCUT2D eigenvalue weighted by atomic mass is 32.2. The molecule has 0 bridgehead atoms. The summed E-state index contributed by atoms with van der Waals surface area (Å²) in [6.45, 7) is 11.3. The highest BCUT2D eigenvalue weighted by Crippen LogP contribution is 2.21. The Hall–Kier alpha value is 0.0769. The summed E-state index contributed by atoms with van der Waals surface area (Å²) in [6, 6.07) is 0.764. The summed E-state index contributed by atoms with van der Waals surface area (Å²) in [5, 5.41) is 0.309. The maximum atomic E-state index is 12.0. The molecule has 7 heteroatoms. The Labute approximate surface area is 172 Å². The molecule has 0 atom stereocenters. The fraction of sp³-hybridized carbons (Fsp3) is 0.950. The Kier molecular flexibility index (Phi) is 19.5. The van der Waals surface area contributed by atoms with Crippen LogP contribution < -0.4 is 0 Å². The number of rotatable bonds is 20. The topological polar surface area (TPSA) is 54.0 Å². The van der Waals surface area contributed by atoms with Gasteiger partial charge < -0.3 is 18.0 Å². The Morgan fingerprint density at radius 3 is 2.11 bits per heavy atom. The molecule has 162 valence electrons. The van der Waals surface area contributed by atoms with Crippen molar-refractivity contribution in [2.24, 2.45) is 0 Å². The molecule has 0 amide bonds. The van der Waals surface area contributed by atoms with Crippen LogP contribution in [0.2, 0.25) is 6.04 Å². The van der Waals surface area contributed by atoms with E-state index in [9.17, 15) is 4.79 Å². The van der Waals surface area contributed by atoms with Crippen molar-refractivity contribution < 1.29 is 22.8 Å². The summed E-state index contributed by atoms with van der Waals surface area (Å²) >= 11 is 1.45. The largest absolute Gasteiger partial charge is 0.500 e.